The van der Waals surface area contributed by atoms with Gasteiger partial charge in [-0.05, 0) is 49.1 Å². The lowest BCUT2D eigenvalue weighted by Crippen LogP contribution is -2.16. The summed E-state index contributed by atoms with van der Waals surface area (Å²) in [6.45, 7) is 1.99. The van der Waals surface area contributed by atoms with E-state index in [1.807, 2.05) is 0 Å². The molecule has 3 N–H and O–H groups in total. The van der Waals surface area contributed by atoms with Crippen LogP contribution in [0.4, 0.5) is 0 Å². The van der Waals surface area contributed by atoms with Crippen LogP contribution in [0.25, 0.3) is 0 Å². The molecule has 0 aromatic heterocycles. The molecule has 1 aromatic carbocycles. The maximum absolute atomic E-state index is 8.95. The lowest BCUT2D eigenvalue weighted by atomic mass is 9.92. The number of aliphatic hydroxyl groups excluding tert-OH is 1. The van der Waals surface area contributed by atoms with Crippen LogP contribution in [-0.4, -0.2) is 24.9 Å². The van der Waals surface area contributed by atoms with Gasteiger partial charge in [-0.15, -0.1) is 0 Å². The highest BCUT2D eigenvalue weighted by atomic mass is 16.5. The molecule has 1 unspecified atom stereocenters. The largest absolute Gasteiger partial charge is 0.396 e. The lowest BCUT2D eigenvalue weighted by Gasteiger charge is -2.22. The first-order valence-electron chi connectivity index (χ1n) is 7.32. The number of aryl methyl sites for hydroxylation is 1. The molecule has 1 aliphatic heterocycles. The first-order valence-corrected chi connectivity index (χ1v) is 7.32. The Kier molecular flexibility index (Phi) is 5.83. The fourth-order valence-corrected chi connectivity index (χ4v) is 2.69. The molecule has 1 heterocycles. The maximum atomic E-state index is 8.95. The van der Waals surface area contributed by atoms with Crippen LogP contribution in [0, 0.1) is 5.92 Å². The van der Waals surface area contributed by atoms with Gasteiger partial charge in [-0.25, -0.2) is 0 Å². The van der Waals surface area contributed by atoms with Crippen LogP contribution >= 0.6 is 0 Å². The van der Waals surface area contributed by atoms with Crippen molar-refractivity contribution in [3.63, 3.8) is 0 Å². The van der Waals surface area contributed by atoms with Gasteiger partial charge in [0.05, 0.1) is 0 Å². The van der Waals surface area contributed by atoms with Crippen LogP contribution in [-0.2, 0) is 11.2 Å². The minimum atomic E-state index is -0.0481. The van der Waals surface area contributed by atoms with Crippen LogP contribution in [0.2, 0.25) is 0 Å². The minimum absolute atomic E-state index is 0.0481. The van der Waals surface area contributed by atoms with Gasteiger partial charge in [-0.3, -0.25) is 0 Å². The Hall–Kier alpha value is -0.900. The average Bonchev–Trinajstić information content (AvgIpc) is 2.47. The van der Waals surface area contributed by atoms with Gasteiger partial charge in [-0.2, -0.15) is 0 Å². The fraction of sp³-hybridized carbons (Fsp3) is 0.625. The highest BCUT2D eigenvalue weighted by Gasteiger charge is 2.13. The topological polar surface area (TPSA) is 55.5 Å². The van der Waals surface area contributed by atoms with Crippen molar-refractivity contribution in [2.24, 2.45) is 11.7 Å². The predicted molar refractivity (Wildman–Crippen MR) is 76.9 cm³/mol. The second-order valence-corrected chi connectivity index (χ2v) is 5.46. The lowest BCUT2D eigenvalue weighted by molar-refractivity contribution is 0.0640. The highest BCUT2D eigenvalue weighted by Crippen LogP contribution is 2.22. The molecule has 3 heteroatoms. The Morgan fingerprint density at radius 1 is 1.32 bits per heavy atom. The van der Waals surface area contributed by atoms with Crippen molar-refractivity contribution in [3.05, 3.63) is 35.4 Å². The molecule has 1 atom stereocenters. The van der Waals surface area contributed by atoms with Gasteiger partial charge in [0, 0.05) is 25.9 Å². The van der Waals surface area contributed by atoms with Crippen molar-refractivity contribution < 1.29 is 9.84 Å². The second-order valence-electron chi connectivity index (χ2n) is 5.46. The Morgan fingerprint density at radius 2 is 2.11 bits per heavy atom. The Balaban J connectivity index is 1.87. The molecule has 0 amide bonds. The van der Waals surface area contributed by atoms with Crippen LogP contribution in [0.15, 0.2) is 24.3 Å². The van der Waals surface area contributed by atoms with Crippen LogP contribution in [0.1, 0.15) is 42.9 Å². The van der Waals surface area contributed by atoms with Crippen molar-refractivity contribution >= 4 is 0 Å². The summed E-state index contributed by atoms with van der Waals surface area (Å²) in [5.74, 6) is 0.809. The average molecular weight is 263 g/mol. The summed E-state index contributed by atoms with van der Waals surface area (Å²) in [5, 5.41) is 8.95. The third-order valence-corrected chi connectivity index (χ3v) is 4.00. The molecule has 0 aliphatic carbocycles. The smallest absolute Gasteiger partial charge is 0.0468 e. The summed E-state index contributed by atoms with van der Waals surface area (Å²) in [6.07, 6.45) is 5.38. The summed E-state index contributed by atoms with van der Waals surface area (Å²) in [4.78, 5) is 0. The summed E-state index contributed by atoms with van der Waals surface area (Å²) in [7, 11) is 0. The molecule has 2 rings (SSSR count). The molecule has 1 aromatic rings. The molecular formula is C16H25NO2. The zero-order valence-electron chi connectivity index (χ0n) is 11.6. The summed E-state index contributed by atoms with van der Waals surface area (Å²) >= 11 is 0. The van der Waals surface area contributed by atoms with Crippen molar-refractivity contribution in [2.45, 2.75) is 38.1 Å². The Morgan fingerprint density at radius 3 is 2.84 bits per heavy atom. The van der Waals surface area contributed by atoms with Crippen molar-refractivity contribution in [2.75, 3.05) is 19.8 Å². The van der Waals surface area contributed by atoms with Gasteiger partial charge < -0.3 is 15.6 Å². The maximum Gasteiger partial charge on any atom is 0.0468 e. The predicted octanol–water partition coefficient (Wildman–Crippen LogP) is 2.43. The molecule has 3 nitrogen and oxygen atoms in total. The molecular weight excluding hydrogens is 238 g/mol. The quantitative estimate of drug-likeness (QED) is 0.828. The number of rotatable bonds is 6. The van der Waals surface area contributed by atoms with Crippen molar-refractivity contribution in [3.8, 4) is 0 Å². The molecule has 106 valence electrons. The highest BCUT2D eigenvalue weighted by molar-refractivity contribution is 5.26. The minimum Gasteiger partial charge on any atom is -0.396 e. The Labute approximate surface area is 115 Å². The molecule has 1 fully saturated rings. The number of nitrogens with two attached hydrogens (primary N) is 1. The van der Waals surface area contributed by atoms with E-state index in [1.165, 1.54) is 24.8 Å². The van der Waals surface area contributed by atoms with E-state index in [9.17, 15) is 0 Å². The van der Waals surface area contributed by atoms with E-state index in [1.54, 1.807) is 0 Å². The van der Waals surface area contributed by atoms with Gasteiger partial charge in [0.25, 0.3) is 0 Å². The van der Waals surface area contributed by atoms with Gasteiger partial charge in [0.2, 0.25) is 0 Å². The second kappa shape index (κ2) is 7.63. The van der Waals surface area contributed by atoms with Gasteiger partial charge in [-0.1, -0.05) is 24.3 Å². The van der Waals surface area contributed by atoms with Crippen LogP contribution in [0.5, 0.6) is 0 Å². The third-order valence-electron chi connectivity index (χ3n) is 4.00. The zero-order chi connectivity index (χ0) is 13.5. The monoisotopic (exact) mass is 263 g/mol. The standard InChI is InChI=1S/C16H25NO2/c17-16(6-9-18)15-3-1-2-14(12-15)5-4-13-7-10-19-11-8-13/h1-3,12-13,16,18H,4-11,17H2. The van der Waals surface area contributed by atoms with Crippen molar-refractivity contribution in [1.29, 1.82) is 0 Å². The first kappa shape index (κ1) is 14.5. The molecule has 19 heavy (non-hydrogen) atoms. The first-order chi connectivity index (χ1) is 9.29. The molecule has 0 spiro atoms. The van der Waals surface area contributed by atoms with Crippen LogP contribution < -0.4 is 5.73 Å². The number of hydrogen-bond acceptors (Lipinski definition) is 3. The van der Waals surface area contributed by atoms with E-state index < -0.39 is 0 Å². The van der Waals surface area contributed by atoms with Gasteiger partial charge in [0.15, 0.2) is 0 Å². The number of ether oxygens (including phenoxy) is 1. The van der Waals surface area contributed by atoms with Crippen LogP contribution in [0.3, 0.4) is 0 Å². The third kappa shape index (κ3) is 4.60. The Bertz CT molecular complexity index is 375. The molecule has 0 radical (unpaired) electrons. The SMILES string of the molecule is NC(CCO)c1cccc(CCC2CCOCC2)c1. The van der Waals surface area contributed by atoms with E-state index in [0.717, 1.165) is 31.1 Å². The fourth-order valence-electron chi connectivity index (χ4n) is 2.69. The van der Waals surface area contributed by atoms with E-state index in [-0.39, 0.29) is 12.6 Å². The van der Waals surface area contributed by atoms with Gasteiger partial charge >= 0.3 is 0 Å². The number of hydrogen-bond donors (Lipinski definition) is 2. The van der Waals surface area contributed by atoms with Gasteiger partial charge in [0.1, 0.15) is 0 Å². The van der Waals surface area contributed by atoms with E-state index in [4.69, 9.17) is 15.6 Å². The van der Waals surface area contributed by atoms with E-state index >= 15 is 0 Å². The number of aliphatic hydroxyl groups is 1. The zero-order valence-corrected chi connectivity index (χ0v) is 11.6. The summed E-state index contributed by atoms with van der Waals surface area (Å²) in [5.41, 5.74) is 8.53. The van der Waals surface area contributed by atoms with Crippen molar-refractivity contribution in [1.82, 2.24) is 0 Å². The molecule has 0 bridgehead atoms. The normalized spacial score (nSPS) is 18.4. The molecule has 0 saturated carbocycles. The number of benzene rings is 1. The summed E-state index contributed by atoms with van der Waals surface area (Å²) in [6, 6.07) is 8.45. The molecule has 1 aliphatic rings. The van der Waals surface area contributed by atoms with E-state index in [0.29, 0.717) is 6.42 Å². The van der Waals surface area contributed by atoms with E-state index in [2.05, 4.69) is 24.3 Å². The summed E-state index contributed by atoms with van der Waals surface area (Å²) < 4.78 is 5.39. The molecule has 1 saturated heterocycles.